The fraction of sp³-hybridized carbons (Fsp3) is 0.857. The first-order chi connectivity index (χ1) is 9.07. The molecule has 19 heavy (non-hydrogen) atoms. The van der Waals surface area contributed by atoms with Gasteiger partial charge in [0.15, 0.2) is 0 Å². The Bertz CT molecular complexity index is 402. The van der Waals surface area contributed by atoms with E-state index in [1.165, 1.54) is 12.8 Å². The van der Waals surface area contributed by atoms with Crippen LogP contribution in [0.1, 0.15) is 38.5 Å². The molecule has 3 atom stereocenters. The molecular formula is C14H21NO4. The van der Waals surface area contributed by atoms with Gasteiger partial charge in [0.1, 0.15) is 6.04 Å². The highest BCUT2D eigenvalue weighted by atomic mass is 16.5. The van der Waals surface area contributed by atoms with Gasteiger partial charge in [0, 0.05) is 26.0 Å². The zero-order valence-corrected chi connectivity index (χ0v) is 11.3. The van der Waals surface area contributed by atoms with Crippen molar-refractivity contribution in [3.05, 3.63) is 0 Å². The van der Waals surface area contributed by atoms with E-state index < -0.39 is 12.0 Å². The van der Waals surface area contributed by atoms with Crippen molar-refractivity contribution < 1.29 is 19.4 Å². The predicted molar refractivity (Wildman–Crippen MR) is 67.6 cm³/mol. The number of ether oxygens (including phenoxy) is 1. The Morgan fingerprint density at radius 3 is 2.58 bits per heavy atom. The van der Waals surface area contributed by atoms with Crippen LogP contribution in [0.3, 0.4) is 0 Å². The quantitative estimate of drug-likeness (QED) is 0.836. The van der Waals surface area contributed by atoms with Crippen LogP contribution in [0.2, 0.25) is 0 Å². The second kappa shape index (κ2) is 4.47. The summed E-state index contributed by atoms with van der Waals surface area (Å²) in [7, 11) is 1.58. The zero-order valence-electron chi connectivity index (χ0n) is 11.3. The predicted octanol–water partition coefficient (Wildman–Crippen LogP) is 1.27. The van der Waals surface area contributed by atoms with Crippen LogP contribution < -0.4 is 0 Å². The SMILES string of the molecule is COC1CC(C(=O)O)N(C(=O)C2CC23CCCC3)C1. The summed E-state index contributed by atoms with van der Waals surface area (Å²) >= 11 is 0. The lowest BCUT2D eigenvalue weighted by Gasteiger charge is -2.22. The minimum atomic E-state index is -0.908. The van der Waals surface area contributed by atoms with Crippen LogP contribution in [0, 0.1) is 11.3 Å². The van der Waals surface area contributed by atoms with E-state index in [4.69, 9.17) is 4.74 Å². The Morgan fingerprint density at radius 1 is 1.32 bits per heavy atom. The molecule has 3 rings (SSSR count). The van der Waals surface area contributed by atoms with Crippen molar-refractivity contribution >= 4 is 11.9 Å². The Morgan fingerprint density at radius 2 is 2.00 bits per heavy atom. The number of hydrogen-bond acceptors (Lipinski definition) is 3. The molecule has 106 valence electrons. The second-order valence-electron chi connectivity index (χ2n) is 6.26. The lowest BCUT2D eigenvalue weighted by molar-refractivity contribution is -0.149. The fourth-order valence-electron chi connectivity index (χ4n) is 3.97. The highest BCUT2D eigenvalue weighted by Crippen LogP contribution is 2.63. The third-order valence-electron chi connectivity index (χ3n) is 5.25. The molecule has 5 nitrogen and oxygen atoms in total. The molecule has 0 aromatic heterocycles. The second-order valence-corrected chi connectivity index (χ2v) is 6.26. The maximum Gasteiger partial charge on any atom is 0.326 e. The minimum absolute atomic E-state index is 0.0499. The standard InChI is InChI=1S/C14H21NO4/c1-19-9-6-11(13(17)18)15(8-9)12(16)10-7-14(10)4-2-3-5-14/h9-11H,2-8H2,1H3,(H,17,18). The number of carbonyl (C=O) groups is 2. The van der Waals surface area contributed by atoms with Gasteiger partial charge in [0.05, 0.1) is 6.10 Å². The van der Waals surface area contributed by atoms with Gasteiger partial charge in [-0.1, -0.05) is 12.8 Å². The van der Waals surface area contributed by atoms with Crippen LogP contribution >= 0.6 is 0 Å². The average Bonchev–Trinajstić information content (AvgIpc) is 2.78. The summed E-state index contributed by atoms with van der Waals surface area (Å²) in [6.45, 7) is 0.429. The van der Waals surface area contributed by atoms with Gasteiger partial charge in [-0.3, -0.25) is 4.79 Å². The summed E-state index contributed by atoms with van der Waals surface area (Å²) in [4.78, 5) is 25.4. The number of nitrogens with zero attached hydrogens (tertiary/aromatic N) is 1. The monoisotopic (exact) mass is 267 g/mol. The number of carboxylic acids is 1. The molecule has 1 amide bonds. The molecule has 1 saturated heterocycles. The van der Waals surface area contributed by atoms with E-state index in [-0.39, 0.29) is 23.3 Å². The third-order valence-corrected chi connectivity index (χ3v) is 5.25. The third kappa shape index (κ3) is 2.04. The molecule has 2 saturated carbocycles. The van der Waals surface area contributed by atoms with Crippen LogP contribution in [0.5, 0.6) is 0 Å². The molecule has 1 heterocycles. The summed E-state index contributed by atoms with van der Waals surface area (Å²) < 4.78 is 5.23. The van der Waals surface area contributed by atoms with Gasteiger partial charge in [0.2, 0.25) is 5.91 Å². The zero-order chi connectivity index (χ0) is 13.6. The molecule has 0 bridgehead atoms. The molecule has 2 aliphatic carbocycles. The summed E-state index contributed by atoms with van der Waals surface area (Å²) in [5.74, 6) is -0.782. The molecule has 3 aliphatic rings. The summed E-state index contributed by atoms with van der Waals surface area (Å²) in [5, 5.41) is 9.26. The van der Waals surface area contributed by atoms with Crippen LogP contribution in [-0.4, -0.2) is 47.7 Å². The Balaban J connectivity index is 1.70. The summed E-state index contributed by atoms with van der Waals surface area (Å²) in [5.41, 5.74) is 0.227. The van der Waals surface area contributed by atoms with E-state index in [2.05, 4.69) is 0 Å². The molecule has 3 fully saturated rings. The lowest BCUT2D eigenvalue weighted by atomic mass is 10.0. The maximum atomic E-state index is 12.6. The number of amides is 1. The van der Waals surface area contributed by atoms with E-state index in [0.717, 1.165) is 19.3 Å². The number of methoxy groups -OCH3 is 1. The Hall–Kier alpha value is -1.10. The van der Waals surface area contributed by atoms with Gasteiger partial charge < -0.3 is 14.7 Å². The van der Waals surface area contributed by atoms with Crippen LogP contribution in [-0.2, 0) is 14.3 Å². The van der Waals surface area contributed by atoms with E-state index in [0.29, 0.717) is 13.0 Å². The van der Waals surface area contributed by atoms with E-state index in [1.54, 1.807) is 12.0 Å². The van der Waals surface area contributed by atoms with Crippen molar-refractivity contribution in [2.24, 2.45) is 11.3 Å². The smallest absolute Gasteiger partial charge is 0.326 e. The van der Waals surface area contributed by atoms with Crippen molar-refractivity contribution in [3.63, 3.8) is 0 Å². The topological polar surface area (TPSA) is 66.8 Å². The Labute approximate surface area is 112 Å². The molecule has 1 N–H and O–H groups in total. The van der Waals surface area contributed by atoms with Crippen molar-refractivity contribution in [1.29, 1.82) is 0 Å². The Kier molecular flexibility index (Phi) is 3.04. The molecule has 0 aromatic rings. The first kappa shape index (κ1) is 12.9. The van der Waals surface area contributed by atoms with Crippen molar-refractivity contribution in [1.82, 2.24) is 4.90 Å². The molecule has 1 spiro atoms. The summed E-state index contributed by atoms with van der Waals surface area (Å²) in [6.07, 6.45) is 5.96. The van der Waals surface area contributed by atoms with Gasteiger partial charge in [-0.25, -0.2) is 4.79 Å². The van der Waals surface area contributed by atoms with Crippen molar-refractivity contribution in [2.75, 3.05) is 13.7 Å². The number of carboxylic acid groups (broad SMARTS) is 1. The number of hydrogen-bond donors (Lipinski definition) is 1. The largest absolute Gasteiger partial charge is 0.480 e. The van der Waals surface area contributed by atoms with Crippen molar-refractivity contribution in [2.45, 2.75) is 50.7 Å². The maximum absolute atomic E-state index is 12.6. The van der Waals surface area contributed by atoms with Crippen LogP contribution in [0.25, 0.3) is 0 Å². The fourth-order valence-corrected chi connectivity index (χ4v) is 3.97. The molecular weight excluding hydrogens is 246 g/mol. The van der Waals surface area contributed by atoms with Gasteiger partial charge >= 0.3 is 5.97 Å². The number of aliphatic carboxylic acids is 1. The first-order valence-electron chi connectivity index (χ1n) is 7.13. The average molecular weight is 267 g/mol. The first-order valence-corrected chi connectivity index (χ1v) is 7.13. The van der Waals surface area contributed by atoms with Gasteiger partial charge in [-0.15, -0.1) is 0 Å². The summed E-state index contributed by atoms with van der Waals surface area (Å²) in [6, 6.07) is -0.698. The highest BCUT2D eigenvalue weighted by molar-refractivity contribution is 5.88. The molecule has 5 heteroatoms. The number of rotatable bonds is 3. The van der Waals surface area contributed by atoms with E-state index in [1.807, 2.05) is 0 Å². The van der Waals surface area contributed by atoms with E-state index in [9.17, 15) is 14.7 Å². The highest BCUT2D eigenvalue weighted by Gasteiger charge is 2.60. The minimum Gasteiger partial charge on any atom is -0.480 e. The number of carbonyl (C=O) groups excluding carboxylic acids is 1. The molecule has 0 radical (unpaired) electrons. The lowest BCUT2D eigenvalue weighted by Crippen LogP contribution is -2.42. The van der Waals surface area contributed by atoms with Gasteiger partial charge in [0.25, 0.3) is 0 Å². The van der Waals surface area contributed by atoms with Gasteiger partial charge in [-0.05, 0) is 24.7 Å². The van der Waals surface area contributed by atoms with E-state index >= 15 is 0 Å². The van der Waals surface area contributed by atoms with Crippen LogP contribution in [0.4, 0.5) is 0 Å². The number of likely N-dealkylation sites (tertiary alicyclic amines) is 1. The van der Waals surface area contributed by atoms with Crippen LogP contribution in [0.15, 0.2) is 0 Å². The van der Waals surface area contributed by atoms with Crippen molar-refractivity contribution in [3.8, 4) is 0 Å². The molecule has 1 aliphatic heterocycles. The van der Waals surface area contributed by atoms with Gasteiger partial charge in [-0.2, -0.15) is 0 Å². The molecule has 0 aromatic carbocycles. The molecule has 3 unspecified atom stereocenters. The normalized spacial score (nSPS) is 35.8.